The van der Waals surface area contributed by atoms with Gasteiger partial charge in [-0.1, -0.05) is 36.4 Å². The van der Waals surface area contributed by atoms with Crippen LogP contribution in [0.2, 0.25) is 0 Å². The minimum Gasteiger partial charge on any atom is -0.465 e. The summed E-state index contributed by atoms with van der Waals surface area (Å²) < 4.78 is 4.47. The molecule has 1 rings (SSSR count). The van der Waals surface area contributed by atoms with Crippen LogP contribution in [-0.4, -0.2) is 27.2 Å². The van der Waals surface area contributed by atoms with Crippen LogP contribution in [0.1, 0.15) is 5.56 Å². The Bertz CT molecular complexity index is 603. The topological polar surface area (TPSA) is 53.3 Å². The predicted molar refractivity (Wildman–Crippen MR) is 84.7 cm³/mol. The van der Waals surface area contributed by atoms with Gasteiger partial charge in [-0.25, -0.2) is 4.79 Å². The van der Waals surface area contributed by atoms with E-state index in [0.29, 0.717) is 0 Å². The molecule has 0 saturated carbocycles. The first-order valence-electron chi connectivity index (χ1n) is 6.39. The molecule has 0 aromatic heterocycles. The average molecular weight is 282 g/mol. The van der Waals surface area contributed by atoms with Crippen molar-refractivity contribution in [3.05, 3.63) is 59.7 Å². The maximum atomic E-state index is 11.1. The first-order chi connectivity index (χ1) is 10.1. The van der Waals surface area contributed by atoms with Gasteiger partial charge in [0.1, 0.15) is 11.6 Å². The third-order valence-corrected chi connectivity index (χ3v) is 2.71. The van der Waals surface area contributed by atoms with Gasteiger partial charge in [-0.3, -0.25) is 0 Å². The van der Waals surface area contributed by atoms with Crippen molar-refractivity contribution in [3.8, 4) is 6.07 Å². The number of esters is 1. The van der Waals surface area contributed by atoms with E-state index in [4.69, 9.17) is 5.26 Å². The molecule has 0 unspecified atom stereocenters. The molecule has 108 valence electrons. The number of allylic oxidation sites excluding steroid dienone is 4. The molecule has 1 aromatic carbocycles. The number of carbonyl (C=O) groups excluding carboxylic acids is 1. The average Bonchev–Trinajstić information content (AvgIpc) is 2.50. The van der Waals surface area contributed by atoms with E-state index in [1.165, 1.54) is 13.2 Å². The second-order valence-corrected chi connectivity index (χ2v) is 4.41. The summed E-state index contributed by atoms with van der Waals surface area (Å²) in [4.78, 5) is 13.2. The van der Waals surface area contributed by atoms with Crippen LogP contribution in [0.25, 0.3) is 6.08 Å². The Kier molecular flexibility index (Phi) is 6.49. The molecule has 0 amide bonds. The van der Waals surface area contributed by atoms with Gasteiger partial charge in [-0.05, 0) is 23.8 Å². The predicted octanol–water partition coefficient (Wildman–Crippen LogP) is 2.94. The lowest BCUT2D eigenvalue weighted by Gasteiger charge is -2.11. The van der Waals surface area contributed by atoms with Crippen molar-refractivity contribution >= 4 is 17.7 Å². The molecule has 0 bridgehead atoms. The van der Waals surface area contributed by atoms with E-state index in [9.17, 15) is 4.79 Å². The molecule has 1 aromatic rings. The lowest BCUT2D eigenvalue weighted by molar-refractivity contribution is -0.135. The Morgan fingerprint density at radius 3 is 2.38 bits per heavy atom. The molecule has 0 aliphatic rings. The van der Waals surface area contributed by atoms with Crippen LogP contribution in [0, 0.1) is 11.3 Å². The number of methoxy groups -OCH3 is 1. The molecule has 0 heterocycles. The molecule has 0 saturated heterocycles. The van der Waals surface area contributed by atoms with E-state index in [1.54, 1.807) is 18.2 Å². The van der Waals surface area contributed by atoms with Gasteiger partial charge < -0.3 is 9.64 Å². The molecule has 4 heteroatoms. The number of nitrogens with zero attached hydrogens (tertiary/aromatic N) is 2. The lowest BCUT2D eigenvalue weighted by atomic mass is 10.2. The van der Waals surface area contributed by atoms with Gasteiger partial charge in [0.2, 0.25) is 0 Å². The summed E-state index contributed by atoms with van der Waals surface area (Å²) in [7, 11) is 5.23. The largest absolute Gasteiger partial charge is 0.465 e. The summed E-state index contributed by atoms with van der Waals surface area (Å²) in [5.74, 6) is -0.634. The first-order valence-corrected chi connectivity index (χ1v) is 6.39. The maximum absolute atomic E-state index is 11.1. The number of carbonyl (C=O) groups is 1. The monoisotopic (exact) mass is 282 g/mol. The van der Waals surface area contributed by atoms with E-state index < -0.39 is 5.97 Å². The van der Waals surface area contributed by atoms with Crippen molar-refractivity contribution in [1.29, 1.82) is 5.26 Å². The van der Waals surface area contributed by atoms with Crippen LogP contribution in [0.15, 0.2) is 54.1 Å². The zero-order valence-electron chi connectivity index (χ0n) is 12.4. The van der Waals surface area contributed by atoms with Crippen LogP contribution >= 0.6 is 0 Å². The molecule has 0 aliphatic heterocycles. The molecule has 0 N–H and O–H groups in total. The minimum atomic E-state index is -0.634. The number of benzene rings is 1. The van der Waals surface area contributed by atoms with E-state index in [2.05, 4.69) is 4.74 Å². The minimum absolute atomic E-state index is 0.0301. The highest BCUT2D eigenvalue weighted by atomic mass is 16.5. The fourth-order valence-electron chi connectivity index (χ4n) is 1.53. The Morgan fingerprint density at radius 2 is 1.86 bits per heavy atom. The molecule has 4 nitrogen and oxygen atoms in total. The quantitative estimate of drug-likeness (QED) is 0.360. The maximum Gasteiger partial charge on any atom is 0.348 e. The summed E-state index contributed by atoms with van der Waals surface area (Å²) in [6.07, 6.45) is 8.58. The van der Waals surface area contributed by atoms with Crippen LogP contribution in [-0.2, 0) is 9.53 Å². The molecule has 0 radical (unpaired) electrons. The second-order valence-electron chi connectivity index (χ2n) is 4.41. The highest BCUT2D eigenvalue weighted by Gasteiger charge is 2.05. The SMILES string of the molecule is COC(=O)/C(C#N)=C/C=C/C=C\c1ccc(N(C)C)cc1. The highest BCUT2D eigenvalue weighted by Crippen LogP contribution is 2.13. The van der Waals surface area contributed by atoms with E-state index >= 15 is 0 Å². The third kappa shape index (κ3) is 5.37. The van der Waals surface area contributed by atoms with E-state index in [0.717, 1.165) is 11.3 Å². The van der Waals surface area contributed by atoms with Gasteiger partial charge in [0.25, 0.3) is 0 Å². The summed E-state index contributed by atoms with van der Waals surface area (Å²) in [5, 5.41) is 8.76. The summed E-state index contributed by atoms with van der Waals surface area (Å²) in [5.41, 5.74) is 2.18. The smallest absolute Gasteiger partial charge is 0.348 e. The van der Waals surface area contributed by atoms with Crippen LogP contribution in [0.4, 0.5) is 5.69 Å². The molecule has 0 aliphatic carbocycles. The van der Waals surface area contributed by atoms with Crippen molar-refractivity contribution in [1.82, 2.24) is 0 Å². The van der Waals surface area contributed by atoms with Crippen LogP contribution in [0.5, 0.6) is 0 Å². The van der Waals surface area contributed by atoms with E-state index in [-0.39, 0.29) is 5.57 Å². The van der Waals surface area contributed by atoms with Crippen LogP contribution < -0.4 is 4.90 Å². The fraction of sp³-hybridized carbons (Fsp3) is 0.176. The standard InChI is InChI=1S/C17H18N2O2/c1-19(2)16-11-9-14(10-12-16)7-5-4-6-8-15(13-18)17(20)21-3/h4-12H,1-3H3/b6-4+,7-5-,15-8+. The van der Waals surface area contributed by atoms with Gasteiger partial charge in [0.05, 0.1) is 7.11 Å². The Labute approximate surface area is 125 Å². The molecule has 0 spiro atoms. The summed E-state index contributed by atoms with van der Waals surface area (Å²) in [6, 6.07) is 9.89. The lowest BCUT2D eigenvalue weighted by Crippen LogP contribution is -2.07. The van der Waals surface area contributed by atoms with Gasteiger partial charge in [-0.2, -0.15) is 5.26 Å². The number of ether oxygens (including phenoxy) is 1. The van der Waals surface area contributed by atoms with Crippen molar-refractivity contribution in [3.63, 3.8) is 0 Å². The third-order valence-electron chi connectivity index (χ3n) is 2.71. The van der Waals surface area contributed by atoms with Gasteiger partial charge in [0.15, 0.2) is 0 Å². The van der Waals surface area contributed by atoms with Crippen molar-refractivity contribution in [2.75, 3.05) is 26.1 Å². The summed E-state index contributed by atoms with van der Waals surface area (Å²) in [6.45, 7) is 0. The molecule has 0 fully saturated rings. The highest BCUT2D eigenvalue weighted by molar-refractivity contribution is 5.92. The molecule has 21 heavy (non-hydrogen) atoms. The Hall–Kier alpha value is -2.80. The van der Waals surface area contributed by atoms with Gasteiger partial charge >= 0.3 is 5.97 Å². The van der Waals surface area contributed by atoms with Crippen molar-refractivity contribution in [2.24, 2.45) is 0 Å². The number of nitriles is 1. The Morgan fingerprint density at radius 1 is 1.19 bits per heavy atom. The van der Waals surface area contributed by atoms with Gasteiger partial charge in [-0.15, -0.1) is 0 Å². The Balaban J connectivity index is 2.66. The number of anilines is 1. The number of hydrogen-bond acceptors (Lipinski definition) is 4. The fourth-order valence-corrected chi connectivity index (χ4v) is 1.53. The van der Waals surface area contributed by atoms with Gasteiger partial charge in [0, 0.05) is 19.8 Å². The second kappa shape index (κ2) is 8.39. The molecular formula is C17H18N2O2. The van der Waals surface area contributed by atoms with Crippen molar-refractivity contribution in [2.45, 2.75) is 0 Å². The molecule has 0 atom stereocenters. The zero-order chi connectivity index (χ0) is 15.7. The molecular weight excluding hydrogens is 264 g/mol. The zero-order valence-corrected chi connectivity index (χ0v) is 12.4. The summed E-state index contributed by atoms with van der Waals surface area (Å²) >= 11 is 0. The van der Waals surface area contributed by atoms with E-state index in [1.807, 2.05) is 55.4 Å². The normalized spacial score (nSPS) is 11.6. The number of rotatable bonds is 5. The first kappa shape index (κ1) is 16.3. The number of hydrogen-bond donors (Lipinski definition) is 0. The van der Waals surface area contributed by atoms with Crippen molar-refractivity contribution < 1.29 is 9.53 Å². The van der Waals surface area contributed by atoms with Crippen LogP contribution in [0.3, 0.4) is 0 Å².